The predicted molar refractivity (Wildman–Crippen MR) is 60.4 cm³/mol. The topological polar surface area (TPSA) is 12.9 Å². The molecule has 1 heterocycles. The second kappa shape index (κ2) is 3.62. The van der Waals surface area contributed by atoms with Gasteiger partial charge in [-0.05, 0) is 25.1 Å². The van der Waals surface area contributed by atoms with E-state index in [0.717, 1.165) is 17.6 Å². The van der Waals surface area contributed by atoms with Crippen molar-refractivity contribution in [3.63, 3.8) is 0 Å². The van der Waals surface area contributed by atoms with Crippen molar-refractivity contribution in [3.05, 3.63) is 54.2 Å². The lowest BCUT2D eigenvalue weighted by Gasteiger charge is -2.01. The Bertz CT molecular complexity index is 472. The minimum atomic E-state index is 0.837. The second-order valence-electron chi connectivity index (χ2n) is 3.49. The van der Waals surface area contributed by atoms with E-state index in [1.165, 1.54) is 10.9 Å². The maximum absolute atomic E-state index is 4.53. The van der Waals surface area contributed by atoms with Crippen LogP contribution in [0.5, 0.6) is 0 Å². The number of hydrogen-bond acceptors (Lipinski definition) is 1. The highest BCUT2D eigenvalue weighted by molar-refractivity contribution is 5.79. The standard InChI is InChI=1S/C13H13N/c1-3-4-12-7-6-11-9-10(2)5-8-13(11)14-12/h3,5-9H,1,4H2,2H3. The lowest BCUT2D eigenvalue weighted by Crippen LogP contribution is -1.88. The van der Waals surface area contributed by atoms with Gasteiger partial charge in [0.05, 0.1) is 5.52 Å². The van der Waals surface area contributed by atoms with Crippen LogP contribution in [0, 0.1) is 6.92 Å². The summed E-state index contributed by atoms with van der Waals surface area (Å²) in [6, 6.07) is 10.5. The molecule has 0 unspecified atom stereocenters. The van der Waals surface area contributed by atoms with Crippen molar-refractivity contribution in [1.82, 2.24) is 4.98 Å². The van der Waals surface area contributed by atoms with Gasteiger partial charge in [-0.15, -0.1) is 6.58 Å². The Hall–Kier alpha value is -1.63. The van der Waals surface area contributed by atoms with E-state index in [2.05, 4.69) is 48.8 Å². The van der Waals surface area contributed by atoms with Crippen LogP contribution in [0.15, 0.2) is 43.0 Å². The molecule has 14 heavy (non-hydrogen) atoms. The molecule has 1 heteroatoms. The molecule has 0 amide bonds. The minimum Gasteiger partial charge on any atom is -0.253 e. The first-order valence-corrected chi connectivity index (χ1v) is 4.77. The summed E-state index contributed by atoms with van der Waals surface area (Å²) in [6.07, 6.45) is 2.71. The molecular weight excluding hydrogens is 170 g/mol. The molecule has 0 saturated carbocycles. The monoisotopic (exact) mass is 183 g/mol. The van der Waals surface area contributed by atoms with Gasteiger partial charge in [0.25, 0.3) is 0 Å². The first-order valence-electron chi connectivity index (χ1n) is 4.77. The summed E-state index contributed by atoms with van der Waals surface area (Å²) >= 11 is 0. The Kier molecular flexibility index (Phi) is 2.32. The molecule has 0 atom stereocenters. The van der Waals surface area contributed by atoms with Crippen LogP contribution in [0.3, 0.4) is 0 Å². The number of pyridine rings is 1. The number of hydrogen-bond donors (Lipinski definition) is 0. The molecule has 0 bridgehead atoms. The maximum atomic E-state index is 4.53. The fraction of sp³-hybridized carbons (Fsp3) is 0.154. The number of aromatic nitrogens is 1. The third-order valence-electron chi connectivity index (χ3n) is 2.26. The molecule has 0 fully saturated rings. The Balaban J connectivity index is 2.55. The van der Waals surface area contributed by atoms with Crippen LogP contribution in [0.2, 0.25) is 0 Å². The van der Waals surface area contributed by atoms with Crippen LogP contribution in [-0.4, -0.2) is 4.98 Å². The number of nitrogens with zero attached hydrogens (tertiary/aromatic N) is 1. The summed E-state index contributed by atoms with van der Waals surface area (Å²) < 4.78 is 0. The van der Waals surface area contributed by atoms with Crippen molar-refractivity contribution in [2.24, 2.45) is 0 Å². The zero-order valence-electron chi connectivity index (χ0n) is 8.33. The van der Waals surface area contributed by atoms with Crippen LogP contribution >= 0.6 is 0 Å². The van der Waals surface area contributed by atoms with E-state index in [9.17, 15) is 0 Å². The summed E-state index contributed by atoms with van der Waals surface area (Å²) in [5.74, 6) is 0. The predicted octanol–water partition coefficient (Wildman–Crippen LogP) is 3.27. The smallest absolute Gasteiger partial charge is 0.0705 e. The van der Waals surface area contributed by atoms with Gasteiger partial charge in [-0.2, -0.15) is 0 Å². The van der Waals surface area contributed by atoms with Crippen molar-refractivity contribution in [2.75, 3.05) is 0 Å². The van der Waals surface area contributed by atoms with E-state index >= 15 is 0 Å². The van der Waals surface area contributed by atoms with Gasteiger partial charge in [0, 0.05) is 17.5 Å². The molecule has 0 aliphatic rings. The molecule has 0 saturated heterocycles. The highest BCUT2D eigenvalue weighted by atomic mass is 14.7. The Morgan fingerprint density at radius 3 is 2.93 bits per heavy atom. The molecule has 0 aliphatic carbocycles. The highest BCUT2D eigenvalue weighted by Gasteiger charge is 1.96. The molecule has 1 aromatic carbocycles. The largest absolute Gasteiger partial charge is 0.253 e. The van der Waals surface area contributed by atoms with Crippen molar-refractivity contribution < 1.29 is 0 Å². The SMILES string of the molecule is C=CCc1ccc2cc(C)ccc2n1. The summed E-state index contributed by atoms with van der Waals surface area (Å²) in [4.78, 5) is 4.53. The van der Waals surface area contributed by atoms with Crippen LogP contribution in [0.25, 0.3) is 10.9 Å². The summed E-state index contributed by atoms with van der Waals surface area (Å²) in [5.41, 5.74) is 3.42. The van der Waals surface area contributed by atoms with E-state index < -0.39 is 0 Å². The van der Waals surface area contributed by atoms with Gasteiger partial charge in [0.1, 0.15) is 0 Å². The molecule has 0 radical (unpaired) electrons. The molecule has 2 rings (SSSR count). The van der Waals surface area contributed by atoms with Gasteiger partial charge in [0.2, 0.25) is 0 Å². The number of rotatable bonds is 2. The lowest BCUT2D eigenvalue weighted by atomic mass is 10.1. The number of allylic oxidation sites excluding steroid dienone is 1. The first kappa shape index (κ1) is 8.95. The van der Waals surface area contributed by atoms with E-state index in [-0.39, 0.29) is 0 Å². The molecule has 0 spiro atoms. The first-order chi connectivity index (χ1) is 6.79. The number of aryl methyl sites for hydroxylation is 1. The van der Waals surface area contributed by atoms with Gasteiger partial charge >= 0.3 is 0 Å². The number of fused-ring (bicyclic) bond motifs is 1. The maximum Gasteiger partial charge on any atom is 0.0705 e. The van der Waals surface area contributed by atoms with E-state index in [4.69, 9.17) is 0 Å². The van der Waals surface area contributed by atoms with Crippen molar-refractivity contribution in [3.8, 4) is 0 Å². The normalized spacial score (nSPS) is 10.4. The fourth-order valence-corrected chi connectivity index (χ4v) is 1.55. The average Bonchev–Trinajstić information content (AvgIpc) is 2.19. The van der Waals surface area contributed by atoms with Gasteiger partial charge < -0.3 is 0 Å². The summed E-state index contributed by atoms with van der Waals surface area (Å²) in [7, 11) is 0. The van der Waals surface area contributed by atoms with Crippen LogP contribution < -0.4 is 0 Å². The van der Waals surface area contributed by atoms with Crippen molar-refractivity contribution in [2.45, 2.75) is 13.3 Å². The van der Waals surface area contributed by atoms with Crippen LogP contribution in [0.1, 0.15) is 11.3 Å². The molecule has 0 aliphatic heterocycles. The molecule has 0 N–H and O–H groups in total. The molecule has 2 aromatic rings. The second-order valence-corrected chi connectivity index (χ2v) is 3.49. The lowest BCUT2D eigenvalue weighted by molar-refractivity contribution is 1.15. The minimum absolute atomic E-state index is 0.837. The van der Waals surface area contributed by atoms with Crippen molar-refractivity contribution in [1.29, 1.82) is 0 Å². The fourth-order valence-electron chi connectivity index (χ4n) is 1.55. The average molecular weight is 183 g/mol. The third kappa shape index (κ3) is 1.67. The molecular formula is C13H13N. The van der Waals surface area contributed by atoms with Crippen LogP contribution in [0.4, 0.5) is 0 Å². The Morgan fingerprint density at radius 1 is 1.29 bits per heavy atom. The zero-order valence-corrected chi connectivity index (χ0v) is 8.33. The van der Waals surface area contributed by atoms with E-state index in [1.807, 2.05) is 6.08 Å². The Labute approximate surface area is 84.1 Å². The highest BCUT2D eigenvalue weighted by Crippen LogP contribution is 2.14. The third-order valence-corrected chi connectivity index (χ3v) is 2.26. The van der Waals surface area contributed by atoms with E-state index in [1.54, 1.807) is 0 Å². The number of benzene rings is 1. The van der Waals surface area contributed by atoms with Gasteiger partial charge in [-0.25, -0.2) is 0 Å². The van der Waals surface area contributed by atoms with Gasteiger partial charge in [0.15, 0.2) is 0 Å². The summed E-state index contributed by atoms with van der Waals surface area (Å²) in [5, 5.41) is 1.21. The van der Waals surface area contributed by atoms with Crippen LogP contribution in [-0.2, 0) is 6.42 Å². The molecule has 70 valence electrons. The molecule has 1 nitrogen and oxygen atoms in total. The van der Waals surface area contributed by atoms with Gasteiger partial charge in [-0.3, -0.25) is 4.98 Å². The quantitative estimate of drug-likeness (QED) is 0.651. The summed E-state index contributed by atoms with van der Waals surface area (Å²) in [6.45, 7) is 5.80. The Morgan fingerprint density at radius 2 is 2.14 bits per heavy atom. The van der Waals surface area contributed by atoms with E-state index in [0.29, 0.717) is 0 Å². The zero-order chi connectivity index (χ0) is 9.97. The van der Waals surface area contributed by atoms with Gasteiger partial charge in [-0.1, -0.05) is 23.8 Å². The molecule has 1 aromatic heterocycles. The van der Waals surface area contributed by atoms with Crippen molar-refractivity contribution >= 4 is 10.9 Å².